The normalized spacial score (nSPS) is 14.6. The van der Waals surface area contributed by atoms with Crippen LogP contribution in [0.25, 0.3) is 0 Å². The first kappa shape index (κ1) is 60.2. The number of likely N-dealkylation sites (N-methyl/N-ethyl adjacent to an activating group) is 1. The van der Waals surface area contributed by atoms with Gasteiger partial charge in [-0.05, 0) is 57.8 Å². The molecule has 0 rings (SSSR count). The molecule has 0 saturated heterocycles. The molecule has 0 aromatic carbocycles. The van der Waals surface area contributed by atoms with E-state index in [4.69, 9.17) is 9.05 Å². The van der Waals surface area contributed by atoms with Crippen molar-refractivity contribution in [2.75, 3.05) is 40.9 Å². The third-order valence-corrected chi connectivity index (χ3v) is 12.2. The molecule has 0 fully saturated rings. The maximum Gasteiger partial charge on any atom is 0.268 e. The highest BCUT2D eigenvalue weighted by molar-refractivity contribution is 7.45. The molecule has 1 amide bonds. The van der Waals surface area contributed by atoms with Crippen molar-refractivity contribution >= 4 is 13.7 Å². The monoisotopic (exact) mass is 891 g/mol. The van der Waals surface area contributed by atoms with Crippen molar-refractivity contribution in [3.63, 3.8) is 0 Å². The van der Waals surface area contributed by atoms with Gasteiger partial charge in [0.15, 0.2) is 0 Å². The first-order chi connectivity index (χ1) is 30.0. The topological polar surface area (TPSA) is 108 Å². The quantitative estimate of drug-likeness (QED) is 0.0273. The van der Waals surface area contributed by atoms with Crippen molar-refractivity contribution in [2.45, 2.75) is 231 Å². The van der Waals surface area contributed by atoms with E-state index in [1.54, 1.807) is 0 Å². The van der Waals surface area contributed by atoms with Crippen LogP contribution in [0.4, 0.5) is 0 Å². The molecule has 0 radical (unpaired) electrons. The summed E-state index contributed by atoms with van der Waals surface area (Å²) in [4.78, 5) is 25.4. The molecule has 0 aromatic heterocycles. The largest absolute Gasteiger partial charge is 0.756 e. The number of nitrogens with one attached hydrogen (secondary N) is 1. The van der Waals surface area contributed by atoms with Crippen LogP contribution in [0, 0.1) is 0 Å². The predicted molar refractivity (Wildman–Crippen MR) is 265 cm³/mol. The van der Waals surface area contributed by atoms with Gasteiger partial charge in [-0.1, -0.05) is 216 Å². The molecule has 0 saturated carbocycles. The van der Waals surface area contributed by atoms with E-state index in [0.717, 1.165) is 70.6 Å². The Bertz CT molecular complexity index is 1190. The number of carbonyl (C=O) groups is 1. The van der Waals surface area contributed by atoms with Crippen LogP contribution >= 0.6 is 7.82 Å². The Hall–Kier alpha value is -1.80. The number of rotatable bonds is 46. The molecule has 3 unspecified atom stereocenters. The van der Waals surface area contributed by atoms with Crippen molar-refractivity contribution in [1.82, 2.24) is 5.32 Å². The van der Waals surface area contributed by atoms with Crippen molar-refractivity contribution in [2.24, 2.45) is 0 Å². The lowest BCUT2D eigenvalue weighted by Gasteiger charge is -2.30. The number of phosphoric ester groups is 1. The number of carbonyl (C=O) groups excluding carboxylic acids is 1. The minimum absolute atomic E-state index is 0.0104. The second-order valence-electron chi connectivity index (χ2n) is 18.5. The molecule has 0 spiro atoms. The van der Waals surface area contributed by atoms with E-state index in [2.05, 4.69) is 79.9 Å². The van der Waals surface area contributed by atoms with Crippen molar-refractivity contribution in [1.29, 1.82) is 0 Å². The number of hydrogen-bond donors (Lipinski definition) is 2. The van der Waals surface area contributed by atoms with Gasteiger partial charge < -0.3 is 28.8 Å². The second-order valence-corrected chi connectivity index (χ2v) is 19.9. The van der Waals surface area contributed by atoms with E-state index in [9.17, 15) is 19.4 Å². The Balaban J connectivity index is 4.10. The predicted octanol–water partition coefficient (Wildman–Crippen LogP) is 14.3. The van der Waals surface area contributed by atoms with E-state index < -0.39 is 20.0 Å². The Labute approximate surface area is 383 Å². The van der Waals surface area contributed by atoms with Crippen molar-refractivity contribution in [3.8, 4) is 0 Å². The fourth-order valence-electron chi connectivity index (χ4n) is 7.24. The highest BCUT2D eigenvalue weighted by Gasteiger charge is 2.24. The summed E-state index contributed by atoms with van der Waals surface area (Å²) in [5.41, 5.74) is 0. The minimum Gasteiger partial charge on any atom is -0.756 e. The average Bonchev–Trinajstić information content (AvgIpc) is 3.23. The highest BCUT2D eigenvalue weighted by atomic mass is 31.2. The van der Waals surface area contributed by atoms with E-state index >= 15 is 0 Å². The number of hydrogen-bond acceptors (Lipinski definition) is 6. The van der Waals surface area contributed by atoms with Crippen LogP contribution in [0.2, 0.25) is 0 Å². The van der Waals surface area contributed by atoms with Crippen LogP contribution in [0.5, 0.6) is 0 Å². The summed E-state index contributed by atoms with van der Waals surface area (Å²) in [6, 6.07) is -0.801. The minimum atomic E-state index is -4.57. The lowest BCUT2D eigenvalue weighted by atomic mass is 10.0. The van der Waals surface area contributed by atoms with Gasteiger partial charge in [-0.25, -0.2) is 0 Å². The number of quaternary nitrogens is 1. The molecule has 3 atom stereocenters. The number of allylic oxidation sites excluding steroid dienone is 10. The van der Waals surface area contributed by atoms with Gasteiger partial charge in [-0.3, -0.25) is 9.36 Å². The van der Waals surface area contributed by atoms with Gasteiger partial charge in [-0.15, -0.1) is 0 Å². The third kappa shape index (κ3) is 46.2. The van der Waals surface area contributed by atoms with Gasteiger partial charge in [0, 0.05) is 6.42 Å². The maximum absolute atomic E-state index is 12.9. The smallest absolute Gasteiger partial charge is 0.268 e. The first-order valence-corrected chi connectivity index (χ1v) is 27.1. The summed E-state index contributed by atoms with van der Waals surface area (Å²) in [5, 5.41) is 13.9. The number of aliphatic hydroxyl groups excluding tert-OH is 1. The lowest BCUT2D eigenvalue weighted by molar-refractivity contribution is -0.870. The molecule has 362 valence electrons. The fraction of sp³-hybridized carbons (Fsp3) is 0.792. The first-order valence-electron chi connectivity index (χ1n) is 25.6. The summed E-state index contributed by atoms with van der Waals surface area (Å²) < 4.78 is 23.3. The number of aliphatic hydroxyl groups is 1. The average molecular weight is 891 g/mol. The van der Waals surface area contributed by atoms with Gasteiger partial charge >= 0.3 is 0 Å². The molecule has 9 heteroatoms. The molecule has 8 nitrogen and oxygen atoms in total. The Morgan fingerprint density at radius 2 is 0.984 bits per heavy atom. The van der Waals surface area contributed by atoms with Crippen molar-refractivity contribution in [3.05, 3.63) is 60.8 Å². The molecule has 62 heavy (non-hydrogen) atoms. The third-order valence-electron chi connectivity index (χ3n) is 11.3. The number of phosphoric acid groups is 1. The zero-order chi connectivity index (χ0) is 45.7. The van der Waals surface area contributed by atoms with E-state index in [0.29, 0.717) is 23.9 Å². The lowest BCUT2D eigenvalue weighted by Crippen LogP contribution is -2.46. The van der Waals surface area contributed by atoms with E-state index in [-0.39, 0.29) is 19.1 Å². The summed E-state index contributed by atoms with van der Waals surface area (Å²) in [6.45, 7) is 4.59. The molecular weight excluding hydrogens is 792 g/mol. The van der Waals surface area contributed by atoms with Crippen LogP contribution in [-0.2, 0) is 18.4 Å². The van der Waals surface area contributed by atoms with Crippen LogP contribution < -0.4 is 10.2 Å². The van der Waals surface area contributed by atoms with Gasteiger partial charge in [0.05, 0.1) is 39.9 Å². The van der Waals surface area contributed by atoms with Crippen molar-refractivity contribution < 1.29 is 32.9 Å². The number of amides is 1. The maximum atomic E-state index is 12.9. The zero-order valence-electron chi connectivity index (χ0n) is 41.1. The molecule has 2 N–H and O–H groups in total. The molecule has 0 aromatic rings. The van der Waals surface area contributed by atoms with Crippen LogP contribution in [0.15, 0.2) is 60.8 Å². The molecule has 0 aliphatic carbocycles. The van der Waals surface area contributed by atoms with E-state index in [1.165, 1.54) is 122 Å². The summed E-state index contributed by atoms with van der Waals surface area (Å²) in [7, 11) is 1.30. The van der Waals surface area contributed by atoms with Gasteiger partial charge in [0.2, 0.25) is 5.91 Å². The van der Waals surface area contributed by atoms with Crippen LogP contribution in [-0.4, -0.2) is 68.5 Å². The highest BCUT2D eigenvalue weighted by Crippen LogP contribution is 2.38. The molecule has 0 heterocycles. The number of nitrogens with zero attached hydrogens (tertiary/aromatic N) is 1. The molecule has 0 aliphatic rings. The molecule has 0 aliphatic heterocycles. The summed E-state index contributed by atoms with van der Waals surface area (Å²) in [6.07, 6.45) is 58.1. The number of unbranched alkanes of at least 4 members (excludes halogenated alkanes) is 23. The van der Waals surface area contributed by atoms with E-state index in [1.807, 2.05) is 21.1 Å². The van der Waals surface area contributed by atoms with Crippen LogP contribution in [0.3, 0.4) is 0 Å². The Morgan fingerprint density at radius 3 is 1.44 bits per heavy atom. The Morgan fingerprint density at radius 1 is 0.581 bits per heavy atom. The fourth-order valence-corrected chi connectivity index (χ4v) is 7.97. The summed E-state index contributed by atoms with van der Waals surface area (Å²) in [5.74, 6) is -0.169. The van der Waals surface area contributed by atoms with Gasteiger partial charge in [0.25, 0.3) is 7.82 Å². The zero-order valence-corrected chi connectivity index (χ0v) is 42.0. The molecule has 0 bridgehead atoms. The summed E-state index contributed by atoms with van der Waals surface area (Å²) >= 11 is 0. The molecular formula is C53H99N2O6P. The van der Waals surface area contributed by atoms with Crippen LogP contribution in [0.1, 0.15) is 219 Å². The standard InChI is InChI=1S/C53H99N2O6P/c1-6-8-10-12-14-16-18-19-20-21-22-23-24-25-26-27-28-29-30-31-32-33-34-35-37-39-41-43-45-47-53(57)54-51(50-61-62(58,59)60-49-48-55(3,4)5)52(56)46-44-42-40-38-36-17-15-13-11-9-7-2/h8,10,14,16,19-20,22-23,25-26,51-52,56H,6-7,9,11-13,15,17-18,21,24,27-50H2,1-5H3,(H-,54,57,58,59)/b10-8-,16-14-,20-19-,23-22-,26-25-. The second kappa shape index (κ2) is 44.4. The Kier molecular flexibility index (Phi) is 43.1. The SMILES string of the molecule is CC/C=C\C/C=C\C/C=C\C/C=C\C/C=C\CCCCCCCCCCCCCCCC(=O)NC(COP(=O)([O-])OCC[N+](C)(C)C)C(O)CCCCCCCCCCCCC. The van der Waals surface area contributed by atoms with Gasteiger partial charge in [0.1, 0.15) is 13.2 Å². The van der Waals surface area contributed by atoms with Gasteiger partial charge in [-0.2, -0.15) is 0 Å².